The highest BCUT2D eigenvalue weighted by molar-refractivity contribution is 7.21. The Balaban J connectivity index is 1.70. The van der Waals surface area contributed by atoms with Gasteiger partial charge in [0.15, 0.2) is 11.5 Å². The van der Waals surface area contributed by atoms with Crippen LogP contribution in [-0.4, -0.2) is 25.1 Å². The molecule has 0 aliphatic rings. The van der Waals surface area contributed by atoms with E-state index < -0.39 is 0 Å². The summed E-state index contributed by atoms with van der Waals surface area (Å²) in [4.78, 5) is 17.9. The molecule has 1 aromatic heterocycles. The molecule has 0 bridgehead atoms. The summed E-state index contributed by atoms with van der Waals surface area (Å²) in [6.07, 6.45) is 2.32. The normalized spacial score (nSPS) is 10.6. The van der Waals surface area contributed by atoms with E-state index in [0.29, 0.717) is 29.2 Å². The van der Waals surface area contributed by atoms with Crippen LogP contribution < -0.4 is 14.8 Å². The quantitative estimate of drug-likeness (QED) is 0.368. The number of aromatic nitrogens is 1. The van der Waals surface area contributed by atoms with E-state index in [1.165, 1.54) is 0 Å². The van der Waals surface area contributed by atoms with E-state index >= 15 is 0 Å². The van der Waals surface area contributed by atoms with Crippen LogP contribution in [0.5, 0.6) is 11.5 Å². The molecule has 1 amide bonds. The Labute approximate surface area is 185 Å². The fourth-order valence-electron chi connectivity index (χ4n) is 3.44. The summed E-state index contributed by atoms with van der Waals surface area (Å²) >= 11 is 1.60. The third-order valence-corrected chi connectivity index (χ3v) is 5.95. The smallest absolute Gasteiger partial charge is 0.255 e. The number of nitrogens with zero attached hydrogens (tertiary/aromatic N) is 1. The third kappa shape index (κ3) is 4.15. The molecule has 0 unspecified atom stereocenters. The van der Waals surface area contributed by atoms with Gasteiger partial charge in [-0.25, -0.2) is 4.98 Å². The number of fused-ring (bicyclic) bond motifs is 1. The van der Waals surface area contributed by atoms with Crippen molar-refractivity contribution in [3.05, 3.63) is 84.4 Å². The molecule has 3 aromatic carbocycles. The SMILES string of the molecule is C=CCc1cc(C(=O)Nc2ccccc2-c2nc3ccccc3s2)cc(OC)c1OC. The highest BCUT2D eigenvalue weighted by Gasteiger charge is 2.18. The molecule has 4 aromatic rings. The van der Waals surface area contributed by atoms with Crippen LogP contribution in [0.1, 0.15) is 15.9 Å². The lowest BCUT2D eigenvalue weighted by Crippen LogP contribution is -2.13. The summed E-state index contributed by atoms with van der Waals surface area (Å²) in [7, 11) is 3.14. The van der Waals surface area contributed by atoms with Crippen LogP contribution >= 0.6 is 11.3 Å². The number of anilines is 1. The first kappa shape index (κ1) is 20.6. The van der Waals surface area contributed by atoms with Crippen LogP contribution in [0.15, 0.2) is 73.3 Å². The van der Waals surface area contributed by atoms with Gasteiger partial charge in [-0.3, -0.25) is 4.79 Å². The first-order valence-corrected chi connectivity index (χ1v) is 10.6. The van der Waals surface area contributed by atoms with Gasteiger partial charge in [0.05, 0.1) is 30.1 Å². The lowest BCUT2D eigenvalue weighted by atomic mass is 10.0. The van der Waals surface area contributed by atoms with Crippen LogP contribution in [0.3, 0.4) is 0 Å². The Morgan fingerprint density at radius 2 is 1.87 bits per heavy atom. The molecular weight excluding hydrogens is 408 g/mol. The summed E-state index contributed by atoms with van der Waals surface area (Å²) in [5.41, 5.74) is 3.84. The monoisotopic (exact) mass is 430 g/mol. The number of rotatable bonds is 7. The number of carbonyl (C=O) groups excluding carboxylic acids is 1. The number of nitrogens with one attached hydrogen (secondary N) is 1. The molecule has 0 atom stereocenters. The highest BCUT2D eigenvalue weighted by Crippen LogP contribution is 2.36. The zero-order valence-corrected chi connectivity index (χ0v) is 18.2. The maximum Gasteiger partial charge on any atom is 0.255 e. The average molecular weight is 431 g/mol. The third-order valence-electron chi connectivity index (χ3n) is 4.88. The molecule has 156 valence electrons. The first-order valence-electron chi connectivity index (χ1n) is 9.76. The van der Waals surface area contributed by atoms with Crippen molar-refractivity contribution in [1.29, 1.82) is 0 Å². The van der Waals surface area contributed by atoms with Crippen molar-refractivity contribution in [2.24, 2.45) is 0 Å². The molecule has 0 radical (unpaired) electrons. The van der Waals surface area contributed by atoms with Crippen molar-refractivity contribution >= 4 is 33.1 Å². The number of para-hydroxylation sites is 2. The van der Waals surface area contributed by atoms with E-state index in [-0.39, 0.29) is 5.91 Å². The van der Waals surface area contributed by atoms with E-state index in [1.54, 1.807) is 43.8 Å². The zero-order valence-electron chi connectivity index (χ0n) is 17.3. The van der Waals surface area contributed by atoms with Crippen molar-refractivity contribution in [2.75, 3.05) is 19.5 Å². The molecule has 1 heterocycles. The van der Waals surface area contributed by atoms with Gasteiger partial charge in [-0.1, -0.05) is 30.3 Å². The van der Waals surface area contributed by atoms with E-state index in [9.17, 15) is 4.79 Å². The number of hydrogen-bond donors (Lipinski definition) is 1. The number of methoxy groups -OCH3 is 2. The van der Waals surface area contributed by atoms with Crippen LogP contribution in [0.4, 0.5) is 5.69 Å². The van der Waals surface area contributed by atoms with Crippen molar-refractivity contribution in [3.63, 3.8) is 0 Å². The summed E-state index contributed by atoms with van der Waals surface area (Å²) in [5.74, 6) is 0.875. The maximum atomic E-state index is 13.1. The minimum absolute atomic E-state index is 0.236. The molecule has 0 saturated heterocycles. The van der Waals surface area contributed by atoms with Gasteiger partial charge in [0.1, 0.15) is 5.01 Å². The Kier molecular flexibility index (Phi) is 6.00. The number of thiazole rings is 1. The molecule has 5 nitrogen and oxygen atoms in total. The van der Waals surface area contributed by atoms with Gasteiger partial charge in [0.25, 0.3) is 5.91 Å². The number of hydrogen-bond acceptors (Lipinski definition) is 5. The van der Waals surface area contributed by atoms with E-state index in [1.807, 2.05) is 48.5 Å². The van der Waals surface area contributed by atoms with Crippen LogP contribution in [0.2, 0.25) is 0 Å². The van der Waals surface area contributed by atoms with Crippen LogP contribution in [0, 0.1) is 0 Å². The number of amides is 1. The van der Waals surface area contributed by atoms with Crippen molar-refractivity contribution < 1.29 is 14.3 Å². The predicted molar refractivity (Wildman–Crippen MR) is 126 cm³/mol. The largest absolute Gasteiger partial charge is 0.493 e. The number of allylic oxidation sites excluding steroid dienone is 1. The summed E-state index contributed by atoms with van der Waals surface area (Å²) < 4.78 is 12.0. The maximum absolute atomic E-state index is 13.1. The van der Waals surface area contributed by atoms with E-state index in [2.05, 4.69) is 11.9 Å². The fourth-order valence-corrected chi connectivity index (χ4v) is 4.45. The molecule has 31 heavy (non-hydrogen) atoms. The molecule has 0 aliphatic carbocycles. The molecule has 6 heteroatoms. The average Bonchev–Trinajstić information content (AvgIpc) is 3.23. The van der Waals surface area contributed by atoms with Crippen molar-refractivity contribution in [3.8, 4) is 22.1 Å². The van der Waals surface area contributed by atoms with Gasteiger partial charge in [-0.15, -0.1) is 17.9 Å². The molecule has 0 fully saturated rings. The van der Waals surface area contributed by atoms with Gasteiger partial charge >= 0.3 is 0 Å². The van der Waals surface area contributed by atoms with Crippen molar-refractivity contribution in [2.45, 2.75) is 6.42 Å². The zero-order chi connectivity index (χ0) is 21.8. The molecule has 0 saturated carbocycles. The summed E-state index contributed by atoms with van der Waals surface area (Å²) in [5, 5.41) is 3.89. The molecule has 1 N–H and O–H groups in total. The Bertz CT molecular complexity index is 1230. The highest BCUT2D eigenvalue weighted by atomic mass is 32.1. The van der Waals surface area contributed by atoms with E-state index in [4.69, 9.17) is 14.5 Å². The molecule has 4 rings (SSSR count). The molecule has 0 aliphatic heterocycles. The Morgan fingerprint density at radius 1 is 1.10 bits per heavy atom. The molecule has 0 spiro atoms. The minimum atomic E-state index is -0.236. The minimum Gasteiger partial charge on any atom is -0.493 e. The second kappa shape index (κ2) is 9.02. The number of benzene rings is 3. The van der Waals surface area contributed by atoms with Gasteiger partial charge in [0, 0.05) is 16.7 Å². The van der Waals surface area contributed by atoms with E-state index in [0.717, 1.165) is 26.4 Å². The van der Waals surface area contributed by atoms with Gasteiger partial charge < -0.3 is 14.8 Å². The summed E-state index contributed by atoms with van der Waals surface area (Å²) in [6, 6.07) is 19.2. The lowest BCUT2D eigenvalue weighted by Gasteiger charge is -2.15. The van der Waals surface area contributed by atoms with Crippen molar-refractivity contribution in [1.82, 2.24) is 4.98 Å². The second-order valence-electron chi connectivity index (χ2n) is 6.85. The second-order valence-corrected chi connectivity index (χ2v) is 7.88. The summed E-state index contributed by atoms with van der Waals surface area (Å²) in [6.45, 7) is 3.79. The van der Waals surface area contributed by atoms with Crippen LogP contribution in [-0.2, 0) is 6.42 Å². The Morgan fingerprint density at radius 3 is 2.61 bits per heavy atom. The Hall–Kier alpha value is -3.64. The topological polar surface area (TPSA) is 60.5 Å². The fraction of sp³-hybridized carbons (Fsp3) is 0.120. The van der Waals surface area contributed by atoms with Crippen LogP contribution in [0.25, 0.3) is 20.8 Å². The number of carbonyl (C=O) groups is 1. The first-order chi connectivity index (χ1) is 15.1. The molecular formula is C25H22N2O3S. The number of ether oxygens (including phenoxy) is 2. The predicted octanol–water partition coefficient (Wildman–Crippen LogP) is 5.96. The lowest BCUT2D eigenvalue weighted by molar-refractivity contribution is 0.102. The van der Waals surface area contributed by atoms with Gasteiger partial charge in [-0.05, 0) is 42.8 Å². The van der Waals surface area contributed by atoms with Gasteiger partial charge in [0.2, 0.25) is 0 Å². The van der Waals surface area contributed by atoms with Gasteiger partial charge in [-0.2, -0.15) is 0 Å². The standard InChI is InChI=1S/C25H22N2O3S/c1-4-9-16-14-17(15-21(29-2)23(16)30-3)24(28)26-19-11-6-5-10-18(19)25-27-20-12-7-8-13-22(20)31-25/h4-8,10-15H,1,9H2,2-3H3,(H,26,28).